The van der Waals surface area contributed by atoms with Crippen LogP contribution in [0.3, 0.4) is 0 Å². The molecule has 1 amide bonds. The van der Waals surface area contributed by atoms with Gasteiger partial charge in [-0.25, -0.2) is 4.79 Å². The lowest BCUT2D eigenvalue weighted by molar-refractivity contribution is -0.136. The van der Waals surface area contributed by atoms with Gasteiger partial charge in [-0.2, -0.15) is 0 Å². The van der Waals surface area contributed by atoms with E-state index in [9.17, 15) is 9.59 Å². The number of carboxylic acids is 1. The van der Waals surface area contributed by atoms with Gasteiger partial charge < -0.3 is 24.6 Å². The maximum Gasteiger partial charge on any atom is 0.407 e. The van der Waals surface area contributed by atoms with Crippen LogP contribution in [0.15, 0.2) is 24.3 Å². The molecule has 0 aliphatic heterocycles. The van der Waals surface area contributed by atoms with Gasteiger partial charge >= 0.3 is 12.1 Å². The topological polar surface area (TPSA) is 94.1 Å². The molecule has 0 unspecified atom stereocenters. The molecule has 7 nitrogen and oxygen atoms in total. The number of amides is 1. The molecule has 0 aliphatic carbocycles. The van der Waals surface area contributed by atoms with Gasteiger partial charge in [-0.3, -0.25) is 4.79 Å². The Morgan fingerprint density at radius 2 is 1.92 bits per heavy atom. The zero-order chi connectivity index (χ0) is 18.0. The molecule has 0 atom stereocenters. The first kappa shape index (κ1) is 19.8. The molecule has 0 heterocycles. The number of rotatable bonds is 9. The Kier molecular flexibility index (Phi) is 8.05. The number of hydrogen-bond acceptors (Lipinski definition) is 5. The first-order valence-corrected chi connectivity index (χ1v) is 7.74. The van der Waals surface area contributed by atoms with Crippen molar-refractivity contribution in [3.8, 4) is 5.75 Å². The zero-order valence-corrected chi connectivity index (χ0v) is 14.3. The molecule has 134 valence electrons. The van der Waals surface area contributed by atoms with Crippen molar-refractivity contribution >= 4 is 12.1 Å². The molecule has 0 radical (unpaired) electrons. The van der Waals surface area contributed by atoms with Crippen molar-refractivity contribution in [2.24, 2.45) is 0 Å². The number of carbonyl (C=O) groups excluding carboxylic acids is 1. The van der Waals surface area contributed by atoms with Crippen LogP contribution in [0.25, 0.3) is 0 Å². The Labute approximate surface area is 141 Å². The summed E-state index contributed by atoms with van der Waals surface area (Å²) in [4.78, 5) is 22.1. The minimum Gasteiger partial charge on any atom is -0.491 e. The number of carboxylic acid groups (broad SMARTS) is 1. The Bertz CT molecular complexity index is 538. The molecule has 0 saturated carbocycles. The molecule has 0 saturated heterocycles. The molecule has 0 bridgehead atoms. The van der Waals surface area contributed by atoms with Crippen LogP contribution in [-0.4, -0.2) is 49.1 Å². The van der Waals surface area contributed by atoms with Gasteiger partial charge in [0.1, 0.15) is 18.0 Å². The Hall–Kier alpha value is -2.28. The minimum atomic E-state index is -0.882. The van der Waals surface area contributed by atoms with E-state index in [2.05, 4.69) is 5.32 Å². The van der Waals surface area contributed by atoms with Gasteiger partial charge in [0.25, 0.3) is 0 Å². The molecule has 0 aromatic heterocycles. The number of benzene rings is 1. The van der Waals surface area contributed by atoms with E-state index in [-0.39, 0.29) is 6.42 Å². The molecule has 0 spiro atoms. The largest absolute Gasteiger partial charge is 0.491 e. The number of hydrogen-bond donors (Lipinski definition) is 2. The van der Waals surface area contributed by atoms with Crippen molar-refractivity contribution in [2.75, 3.05) is 26.4 Å². The summed E-state index contributed by atoms with van der Waals surface area (Å²) in [5, 5.41) is 11.3. The van der Waals surface area contributed by atoms with E-state index in [4.69, 9.17) is 19.3 Å². The van der Waals surface area contributed by atoms with Gasteiger partial charge in [-0.1, -0.05) is 12.1 Å². The van der Waals surface area contributed by atoms with E-state index in [1.54, 1.807) is 45.0 Å². The van der Waals surface area contributed by atoms with Gasteiger partial charge in [-0.15, -0.1) is 0 Å². The summed E-state index contributed by atoms with van der Waals surface area (Å²) in [7, 11) is 0. The molecule has 7 heteroatoms. The molecule has 24 heavy (non-hydrogen) atoms. The van der Waals surface area contributed by atoms with E-state index in [0.29, 0.717) is 37.7 Å². The highest BCUT2D eigenvalue weighted by Crippen LogP contribution is 2.13. The van der Waals surface area contributed by atoms with E-state index >= 15 is 0 Å². The van der Waals surface area contributed by atoms with Gasteiger partial charge in [-0.05, 0) is 38.5 Å². The molecular formula is C17H25NO6. The van der Waals surface area contributed by atoms with Gasteiger partial charge in [0.2, 0.25) is 0 Å². The van der Waals surface area contributed by atoms with Crippen molar-refractivity contribution in [1.82, 2.24) is 5.32 Å². The quantitative estimate of drug-likeness (QED) is 0.670. The maximum atomic E-state index is 11.4. The zero-order valence-electron chi connectivity index (χ0n) is 14.3. The third-order valence-corrected chi connectivity index (χ3v) is 2.66. The second-order valence-electron chi connectivity index (χ2n) is 6.11. The summed E-state index contributed by atoms with van der Waals surface area (Å²) in [6.07, 6.45) is -0.512. The fourth-order valence-corrected chi connectivity index (χ4v) is 1.78. The summed E-state index contributed by atoms with van der Waals surface area (Å²) >= 11 is 0. The third kappa shape index (κ3) is 9.68. The number of carbonyl (C=O) groups is 2. The van der Waals surface area contributed by atoms with E-state index in [1.807, 2.05) is 0 Å². The maximum absolute atomic E-state index is 11.4. The van der Waals surface area contributed by atoms with Crippen LogP contribution in [0.1, 0.15) is 26.3 Å². The van der Waals surface area contributed by atoms with Crippen molar-refractivity contribution in [2.45, 2.75) is 32.8 Å². The summed E-state index contributed by atoms with van der Waals surface area (Å²) in [6.45, 7) is 6.79. The van der Waals surface area contributed by atoms with Crippen LogP contribution in [0.4, 0.5) is 4.79 Å². The monoisotopic (exact) mass is 339 g/mol. The molecular weight excluding hydrogens is 314 g/mol. The lowest BCUT2D eigenvalue weighted by atomic mass is 10.1. The Balaban J connectivity index is 2.12. The predicted octanol–water partition coefficient (Wildman–Crippen LogP) is 2.23. The van der Waals surface area contributed by atoms with Crippen LogP contribution in [0.2, 0.25) is 0 Å². The first-order chi connectivity index (χ1) is 11.3. The first-order valence-electron chi connectivity index (χ1n) is 7.74. The number of nitrogens with one attached hydrogen (secondary N) is 1. The highest BCUT2D eigenvalue weighted by molar-refractivity contribution is 5.70. The highest BCUT2D eigenvalue weighted by Gasteiger charge is 2.15. The smallest absolute Gasteiger partial charge is 0.407 e. The van der Waals surface area contributed by atoms with Crippen LogP contribution >= 0.6 is 0 Å². The normalized spacial score (nSPS) is 11.0. The average molecular weight is 339 g/mol. The molecule has 2 N–H and O–H groups in total. The van der Waals surface area contributed by atoms with E-state index in [1.165, 1.54) is 0 Å². The second kappa shape index (κ2) is 9.77. The predicted molar refractivity (Wildman–Crippen MR) is 88.3 cm³/mol. The second-order valence-corrected chi connectivity index (χ2v) is 6.11. The number of ether oxygens (including phenoxy) is 3. The van der Waals surface area contributed by atoms with Crippen LogP contribution in [-0.2, 0) is 20.7 Å². The fourth-order valence-electron chi connectivity index (χ4n) is 1.78. The molecule has 1 aromatic rings. The van der Waals surface area contributed by atoms with Gasteiger partial charge in [0, 0.05) is 6.54 Å². The lowest BCUT2D eigenvalue weighted by Crippen LogP contribution is -2.34. The van der Waals surface area contributed by atoms with Crippen molar-refractivity contribution in [3.05, 3.63) is 29.8 Å². The Morgan fingerprint density at radius 1 is 1.17 bits per heavy atom. The molecule has 0 aliphatic rings. The lowest BCUT2D eigenvalue weighted by Gasteiger charge is -2.19. The van der Waals surface area contributed by atoms with Crippen molar-refractivity contribution in [3.63, 3.8) is 0 Å². The van der Waals surface area contributed by atoms with E-state index in [0.717, 1.165) is 0 Å². The standard InChI is InChI=1S/C17H25NO6/c1-17(2,3)24-16(21)18-7-8-22-9-10-23-14-6-4-5-13(11-14)12-15(19)20/h4-6,11H,7-10,12H2,1-3H3,(H,18,21)(H,19,20). The van der Waals surface area contributed by atoms with Crippen molar-refractivity contribution in [1.29, 1.82) is 0 Å². The molecule has 1 rings (SSSR count). The van der Waals surface area contributed by atoms with Crippen LogP contribution < -0.4 is 10.1 Å². The highest BCUT2D eigenvalue weighted by atomic mass is 16.6. The van der Waals surface area contributed by atoms with E-state index < -0.39 is 17.7 Å². The SMILES string of the molecule is CC(C)(C)OC(=O)NCCOCCOc1cccc(CC(=O)O)c1. The summed E-state index contributed by atoms with van der Waals surface area (Å²) in [5.74, 6) is -0.280. The number of alkyl carbamates (subject to hydrolysis) is 1. The molecule has 0 fully saturated rings. The van der Waals surface area contributed by atoms with Gasteiger partial charge in [0.15, 0.2) is 0 Å². The summed E-state index contributed by atoms with van der Waals surface area (Å²) < 4.78 is 15.9. The minimum absolute atomic E-state index is 0.0377. The summed E-state index contributed by atoms with van der Waals surface area (Å²) in [6, 6.07) is 6.94. The van der Waals surface area contributed by atoms with Gasteiger partial charge in [0.05, 0.1) is 19.6 Å². The van der Waals surface area contributed by atoms with Crippen LogP contribution in [0.5, 0.6) is 5.75 Å². The fraction of sp³-hybridized carbons (Fsp3) is 0.529. The number of aliphatic carboxylic acids is 1. The van der Waals surface area contributed by atoms with Crippen molar-refractivity contribution < 1.29 is 28.9 Å². The molecule has 1 aromatic carbocycles. The summed E-state index contributed by atoms with van der Waals surface area (Å²) in [5.41, 5.74) is 0.163. The average Bonchev–Trinajstić information content (AvgIpc) is 2.44. The van der Waals surface area contributed by atoms with Crippen LogP contribution in [0, 0.1) is 0 Å². The third-order valence-electron chi connectivity index (χ3n) is 2.66. The Morgan fingerprint density at radius 3 is 2.58 bits per heavy atom.